The van der Waals surface area contributed by atoms with Crippen LogP contribution >= 0.6 is 11.6 Å². The minimum absolute atomic E-state index is 0.118. The Kier molecular flexibility index (Phi) is 6.21. The Morgan fingerprint density at radius 2 is 2.04 bits per heavy atom. The molecular weight excluding hydrogens is 321 g/mol. The monoisotopic (exact) mass is 341 g/mol. The lowest BCUT2D eigenvalue weighted by Crippen LogP contribution is -2.38. The Hall–Kier alpha value is -1.82. The number of hydrogen-bond acceptors (Lipinski definition) is 2. The number of halogens is 2. The van der Waals surface area contributed by atoms with Gasteiger partial charge in [0.2, 0.25) is 5.91 Å². The molecule has 0 aliphatic carbocycles. The molecule has 23 heavy (non-hydrogen) atoms. The third-order valence-corrected chi connectivity index (χ3v) is 4.40. The molecule has 2 rings (SSSR count). The third kappa shape index (κ3) is 5.39. The predicted molar refractivity (Wildman–Crippen MR) is 88.0 cm³/mol. The summed E-state index contributed by atoms with van der Waals surface area (Å²) in [5, 5.41) is 5.57. The molecule has 1 aromatic rings. The maximum atomic E-state index is 13.1. The van der Waals surface area contributed by atoms with Gasteiger partial charge in [0.05, 0.1) is 10.7 Å². The first-order valence-electron chi connectivity index (χ1n) is 7.71. The summed E-state index contributed by atoms with van der Waals surface area (Å²) >= 11 is 5.89. The first-order chi connectivity index (χ1) is 11.0. The van der Waals surface area contributed by atoms with Gasteiger partial charge in [-0.05, 0) is 43.4 Å². The van der Waals surface area contributed by atoms with E-state index < -0.39 is 11.8 Å². The van der Waals surface area contributed by atoms with Gasteiger partial charge in [0, 0.05) is 26.6 Å². The van der Waals surface area contributed by atoms with Gasteiger partial charge in [0.25, 0.3) is 0 Å². The molecule has 2 N–H and O–H groups in total. The van der Waals surface area contributed by atoms with Crippen LogP contribution in [0.5, 0.6) is 0 Å². The highest BCUT2D eigenvalue weighted by atomic mass is 35.5. The van der Waals surface area contributed by atoms with Crippen molar-refractivity contribution in [1.29, 1.82) is 0 Å². The van der Waals surface area contributed by atoms with Gasteiger partial charge in [-0.15, -0.1) is 0 Å². The smallest absolute Gasteiger partial charge is 0.319 e. The van der Waals surface area contributed by atoms with Crippen LogP contribution in [0.2, 0.25) is 5.02 Å². The second kappa shape index (κ2) is 8.15. The lowest BCUT2D eigenvalue weighted by Gasteiger charge is -2.31. The lowest BCUT2D eigenvalue weighted by atomic mass is 9.93. The van der Waals surface area contributed by atoms with Crippen LogP contribution in [0.4, 0.5) is 14.9 Å². The zero-order valence-corrected chi connectivity index (χ0v) is 13.8. The molecule has 0 unspecified atom stereocenters. The van der Waals surface area contributed by atoms with Crippen LogP contribution in [-0.4, -0.2) is 36.5 Å². The van der Waals surface area contributed by atoms with Crippen molar-refractivity contribution in [3.05, 3.63) is 29.0 Å². The van der Waals surface area contributed by atoms with Crippen LogP contribution in [0.15, 0.2) is 18.2 Å². The SMILES string of the molecule is CC(=O)N1CCC(CCNC(=O)Nc2cc(F)ccc2Cl)CC1. The van der Waals surface area contributed by atoms with Crippen molar-refractivity contribution in [1.82, 2.24) is 10.2 Å². The van der Waals surface area contributed by atoms with Crippen molar-refractivity contribution in [2.24, 2.45) is 5.92 Å². The fourth-order valence-electron chi connectivity index (χ4n) is 2.69. The Morgan fingerprint density at radius 3 is 2.70 bits per heavy atom. The molecule has 0 atom stereocenters. The zero-order valence-electron chi connectivity index (χ0n) is 13.1. The van der Waals surface area contributed by atoms with E-state index in [4.69, 9.17) is 11.6 Å². The van der Waals surface area contributed by atoms with Crippen molar-refractivity contribution < 1.29 is 14.0 Å². The largest absolute Gasteiger partial charge is 0.343 e. The number of piperidine rings is 1. The third-order valence-electron chi connectivity index (χ3n) is 4.07. The molecule has 1 aliphatic heterocycles. The van der Waals surface area contributed by atoms with Crippen molar-refractivity contribution in [2.45, 2.75) is 26.2 Å². The molecule has 0 bridgehead atoms. The maximum Gasteiger partial charge on any atom is 0.319 e. The Balaban J connectivity index is 1.69. The summed E-state index contributed by atoms with van der Waals surface area (Å²) in [5.74, 6) is 0.165. The summed E-state index contributed by atoms with van der Waals surface area (Å²) in [5.41, 5.74) is 0.249. The van der Waals surface area contributed by atoms with Gasteiger partial charge in [-0.3, -0.25) is 4.79 Å². The summed E-state index contributed by atoms with van der Waals surface area (Å²) in [4.78, 5) is 24.9. The molecule has 0 saturated carbocycles. The van der Waals surface area contributed by atoms with Crippen molar-refractivity contribution >= 4 is 29.2 Å². The molecule has 1 aromatic carbocycles. The van der Waals surface area contributed by atoms with Crippen LogP contribution in [0.1, 0.15) is 26.2 Å². The number of rotatable bonds is 4. The van der Waals surface area contributed by atoms with E-state index in [1.807, 2.05) is 4.90 Å². The fourth-order valence-corrected chi connectivity index (χ4v) is 2.85. The Morgan fingerprint density at radius 1 is 1.35 bits per heavy atom. The van der Waals surface area contributed by atoms with E-state index in [0.717, 1.165) is 32.4 Å². The van der Waals surface area contributed by atoms with E-state index in [2.05, 4.69) is 10.6 Å². The maximum absolute atomic E-state index is 13.1. The van der Waals surface area contributed by atoms with Crippen molar-refractivity contribution in [2.75, 3.05) is 25.0 Å². The van der Waals surface area contributed by atoms with E-state index >= 15 is 0 Å². The summed E-state index contributed by atoms with van der Waals surface area (Å²) in [6.45, 7) is 3.68. The molecule has 0 aromatic heterocycles. The highest BCUT2D eigenvalue weighted by molar-refractivity contribution is 6.33. The number of hydrogen-bond donors (Lipinski definition) is 2. The Labute approximate surface area is 140 Å². The fraction of sp³-hybridized carbons (Fsp3) is 0.500. The Bertz CT molecular complexity index is 574. The number of likely N-dealkylation sites (tertiary alicyclic amines) is 1. The second-order valence-electron chi connectivity index (χ2n) is 5.74. The van der Waals surface area contributed by atoms with E-state index in [9.17, 15) is 14.0 Å². The van der Waals surface area contributed by atoms with Gasteiger partial charge in [-0.1, -0.05) is 11.6 Å². The standard InChI is InChI=1S/C16H21ClFN3O2/c1-11(22)21-8-5-12(6-9-21)4-7-19-16(23)20-15-10-13(18)2-3-14(15)17/h2-3,10,12H,4-9H2,1H3,(H2,19,20,23). The van der Waals surface area contributed by atoms with Crippen molar-refractivity contribution in [3.8, 4) is 0 Å². The normalized spacial score (nSPS) is 15.3. The van der Waals surface area contributed by atoms with Gasteiger partial charge in [0.15, 0.2) is 0 Å². The topological polar surface area (TPSA) is 61.4 Å². The van der Waals surface area contributed by atoms with Crippen LogP contribution in [0.25, 0.3) is 0 Å². The number of urea groups is 1. The highest BCUT2D eigenvalue weighted by Gasteiger charge is 2.20. The summed E-state index contributed by atoms with van der Waals surface area (Å²) in [6.07, 6.45) is 2.77. The average molecular weight is 342 g/mol. The minimum Gasteiger partial charge on any atom is -0.343 e. The molecule has 1 heterocycles. The molecule has 0 radical (unpaired) electrons. The first-order valence-corrected chi connectivity index (χ1v) is 8.09. The molecule has 1 fully saturated rings. The van der Waals surface area contributed by atoms with E-state index in [1.165, 1.54) is 18.2 Å². The number of benzene rings is 1. The molecular formula is C16H21ClFN3O2. The summed E-state index contributed by atoms with van der Waals surface area (Å²) < 4.78 is 13.1. The highest BCUT2D eigenvalue weighted by Crippen LogP contribution is 2.22. The minimum atomic E-state index is -0.457. The lowest BCUT2D eigenvalue weighted by molar-refractivity contribution is -0.130. The number of nitrogens with one attached hydrogen (secondary N) is 2. The molecule has 1 aliphatic rings. The molecule has 5 nitrogen and oxygen atoms in total. The van der Waals surface area contributed by atoms with E-state index in [0.29, 0.717) is 12.5 Å². The zero-order chi connectivity index (χ0) is 16.8. The predicted octanol–water partition coefficient (Wildman–Crippen LogP) is 3.25. The first kappa shape index (κ1) is 17.5. The van der Waals surface area contributed by atoms with Crippen LogP contribution in [0, 0.1) is 11.7 Å². The van der Waals surface area contributed by atoms with Gasteiger partial charge >= 0.3 is 6.03 Å². The van der Waals surface area contributed by atoms with Gasteiger partial charge < -0.3 is 15.5 Å². The molecule has 7 heteroatoms. The van der Waals surface area contributed by atoms with Gasteiger partial charge in [-0.2, -0.15) is 0 Å². The molecule has 126 valence electrons. The van der Waals surface area contributed by atoms with Crippen LogP contribution in [0.3, 0.4) is 0 Å². The average Bonchev–Trinajstić information content (AvgIpc) is 2.51. The van der Waals surface area contributed by atoms with Gasteiger partial charge in [0.1, 0.15) is 5.82 Å². The number of anilines is 1. The number of carbonyl (C=O) groups is 2. The summed E-state index contributed by atoms with van der Waals surface area (Å²) in [6, 6.07) is 3.41. The summed E-state index contributed by atoms with van der Waals surface area (Å²) in [7, 11) is 0. The van der Waals surface area contributed by atoms with Crippen LogP contribution < -0.4 is 10.6 Å². The molecule has 1 saturated heterocycles. The number of amides is 3. The van der Waals surface area contributed by atoms with Crippen molar-refractivity contribution in [3.63, 3.8) is 0 Å². The van der Waals surface area contributed by atoms with Gasteiger partial charge in [-0.25, -0.2) is 9.18 Å². The number of nitrogens with zero attached hydrogens (tertiary/aromatic N) is 1. The number of carbonyl (C=O) groups excluding carboxylic acids is 2. The molecule has 0 spiro atoms. The van der Waals surface area contributed by atoms with E-state index in [-0.39, 0.29) is 16.6 Å². The quantitative estimate of drug-likeness (QED) is 0.883. The van der Waals surface area contributed by atoms with Crippen LogP contribution in [-0.2, 0) is 4.79 Å². The van der Waals surface area contributed by atoms with E-state index in [1.54, 1.807) is 6.92 Å². The molecule has 3 amide bonds. The second-order valence-corrected chi connectivity index (χ2v) is 6.15.